The predicted molar refractivity (Wildman–Crippen MR) is 124 cm³/mol. The molecule has 2 aromatic carbocycles. The van der Waals surface area contributed by atoms with Crippen LogP contribution in [0.15, 0.2) is 60.7 Å². The molecule has 2 fully saturated rings. The Morgan fingerprint density at radius 1 is 1.00 bits per heavy atom. The van der Waals surface area contributed by atoms with Crippen LogP contribution in [0, 0.1) is 5.92 Å². The van der Waals surface area contributed by atoms with E-state index < -0.39 is 34.5 Å². The molecule has 4 amide bonds. The number of amides is 4. The molecule has 0 aromatic heterocycles. The van der Waals surface area contributed by atoms with Crippen molar-refractivity contribution in [3.8, 4) is 0 Å². The topological polar surface area (TPSA) is 102 Å². The Hall–Kier alpha value is -3.36. The third-order valence-corrected chi connectivity index (χ3v) is 6.82. The molecule has 34 heavy (non-hydrogen) atoms. The van der Waals surface area contributed by atoms with Gasteiger partial charge in [-0.05, 0) is 36.6 Å². The van der Waals surface area contributed by atoms with Crippen LogP contribution in [0.3, 0.4) is 0 Å². The van der Waals surface area contributed by atoms with Crippen molar-refractivity contribution in [2.45, 2.75) is 44.9 Å². The second-order valence-corrected chi connectivity index (χ2v) is 9.01. The number of hydrogen-bond donors (Lipinski definition) is 2. The standard InChI is InChI=1S/C26H29N3O5/c1-18-14-15-27-22(18)25(32)29(26(33)34-17-19-9-4-2-5-10-19)16-8-13-21(29)24(31)28-23(30)20-11-6-3-7-12-20/h2-7,9-12,18,21-22,27H,8,13-17H2,1H3/p+1/t18-,21-,22?,29?/m0/s1. The van der Waals surface area contributed by atoms with E-state index in [0.717, 1.165) is 12.0 Å². The fourth-order valence-corrected chi connectivity index (χ4v) is 4.92. The first kappa shape index (κ1) is 23.8. The Morgan fingerprint density at radius 2 is 1.68 bits per heavy atom. The van der Waals surface area contributed by atoms with Crippen LogP contribution in [0.4, 0.5) is 4.79 Å². The summed E-state index contributed by atoms with van der Waals surface area (Å²) >= 11 is 0. The number of quaternary nitrogens is 1. The van der Waals surface area contributed by atoms with Gasteiger partial charge in [-0.15, -0.1) is 4.48 Å². The first-order chi connectivity index (χ1) is 16.4. The first-order valence-corrected chi connectivity index (χ1v) is 11.7. The SMILES string of the molecule is C[C@H]1CCNC1C(=O)[N+]1(C(=O)OCc2ccccc2)CCC[C@H]1C(=O)NC(=O)c1ccccc1. The van der Waals surface area contributed by atoms with Gasteiger partial charge in [0.2, 0.25) is 0 Å². The minimum atomic E-state index is -1.03. The number of benzene rings is 2. The minimum Gasteiger partial charge on any atom is -0.415 e. The van der Waals surface area contributed by atoms with Gasteiger partial charge in [0.25, 0.3) is 11.8 Å². The normalized spacial score (nSPS) is 26.1. The molecule has 8 heteroatoms. The molecule has 4 atom stereocenters. The summed E-state index contributed by atoms with van der Waals surface area (Å²) in [7, 11) is 0. The van der Waals surface area contributed by atoms with E-state index >= 15 is 0 Å². The number of nitrogens with one attached hydrogen (secondary N) is 2. The number of rotatable bonds is 5. The summed E-state index contributed by atoms with van der Waals surface area (Å²) in [6.07, 6.45) is 0.852. The molecule has 2 saturated heterocycles. The number of carbonyl (C=O) groups excluding carboxylic acids is 4. The van der Waals surface area contributed by atoms with Gasteiger partial charge in [-0.3, -0.25) is 14.9 Å². The molecule has 2 heterocycles. The molecule has 0 radical (unpaired) electrons. The molecule has 2 aliphatic heterocycles. The highest BCUT2D eigenvalue weighted by atomic mass is 16.6. The van der Waals surface area contributed by atoms with Crippen LogP contribution in [-0.2, 0) is 20.9 Å². The molecule has 8 nitrogen and oxygen atoms in total. The average Bonchev–Trinajstić information content (AvgIpc) is 3.50. The largest absolute Gasteiger partial charge is 0.524 e. The number of hydrogen-bond acceptors (Lipinski definition) is 6. The zero-order valence-corrected chi connectivity index (χ0v) is 19.2. The van der Waals surface area contributed by atoms with E-state index in [1.807, 2.05) is 37.3 Å². The fraction of sp³-hybridized carbons (Fsp3) is 0.385. The van der Waals surface area contributed by atoms with Crippen LogP contribution in [-0.4, -0.2) is 53.5 Å². The minimum absolute atomic E-state index is 0.00210. The van der Waals surface area contributed by atoms with Gasteiger partial charge in [0.1, 0.15) is 12.6 Å². The van der Waals surface area contributed by atoms with Gasteiger partial charge in [0.15, 0.2) is 6.04 Å². The van der Waals surface area contributed by atoms with Crippen LogP contribution in [0.25, 0.3) is 0 Å². The second kappa shape index (κ2) is 10.3. The zero-order chi connectivity index (χ0) is 24.1. The van der Waals surface area contributed by atoms with E-state index in [-0.39, 0.29) is 25.0 Å². The van der Waals surface area contributed by atoms with Crippen molar-refractivity contribution in [1.82, 2.24) is 10.6 Å². The van der Waals surface area contributed by atoms with Crippen molar-refractivity contribution in [2.75, 3.05) is 13.1 Å². The lowest BCUT2D eigenvalue weighted by molar-refractivity contribution is -0.786. The van der Waals surface area contributed by atoms with Crippen LogP contribution >= 0.6 is 0 Å². The smallest absolute Gasteiger partial charge is 0.415 e. The van der Waals surface area contributed by atoms with Crippen LogP contribution in [0.5, 0.6) is 0 Å². The van der Waals surface area contributed by atoms with Gasteiger partial charge >= 0.3 is 12.0 Å². The van der Waals surface area contributed by atoms with Crippen molar-refractivity contribution >= 4 is 23.8 Å². The highest BCUT2D eigenvalue weighted by Gasteiger charge is 2.61. The van der Waals surface area contributed by atoms with E-state index in [2.05, 4.69) is 10.6 Å². The summed E-state index contributed by atoms with van der Waals surface area (Å²) in [5, 5.41) is 5.60. The number of imide groups is 2. The Labute approximate surface area is 198 Å². The molecule has 0 saturated carbocycles. The zero-order valence-electron chi connectivity index (χ0n) is 19.2. The highest BCUT2D eigenvalue weighted by molar-refractivity contribution is 6.06. The Kier molecular flexibility index (Phi) is 7.19. The molecule has 0 aliphatic carbocycles. The molecular formula is C26H30N3O5+. The average molecular weight is 465 g/mol. The van der Waals surface area contributed by atoms with Crippen molar-refractivity contribution in [3.63, 3.8) is 0 Å². The van der Waals surface area contributed by atoms with E-state index in [9.17, 15) is 19.2 Å². The third kappa shape index (κ3) is 4.64. The number of carbonyl (C=O) groups is 4. The summed E-state index contributed by atoms with van der Waals surface area (Å²) in [5.74, 6) is -1.54. The van der Waals surface area contributed by atoms with Crippen LogP contribution in [0.1, 0.15) is 42.1 Å². The fourth-order valence-electron chi connectivity index (χ4n) is 4.92. The molecule has 2 unspecified atom stereocenters. The van der Waals surface area contributed by atoms with Crippen LogP contribution in [0.2, 0.25) is 0 Å². The summed E-state index contributed by atoms with van der Waals surface area (Å²) in [6, 6.07) is 16.0. The van der Waals surface area contributed by atoms with Crippen molar-refractivity contribution in [2.24, 2.45) is 5.92 Å². The van der Waals surface area contributed by atoms with E-state index in [1.165, 1.54) is 0 Å². The van der Waals surface area contributed by atoms with Gasteiger partial charge in [0, 0.05) is 18.4 Å². The summed E-state index contributed by atoms with van der Waals surface area (Å²) in [5.41, 5.74) is 1.12. The lowest BCUT2D eigenvalue weighted by atomic mass is 10.00. The monoisotopic (exact) mass is 464 g/mol. The molecule has 4 rings (SSSR count). The van der Waals surface area contributed by atoms with Crippen molar-refractivity contribution < 1.29 is 28.4 Å². The maximum atomic E-state index is 13.8. The Balaban J connectivity index is 1.60. The Bertz CT molecular complexity index is 1060. The number of ether oxygens (including phenoxy) is 1. The van der Waals surface area contributed by atoms with Crippen molar-refractivity contribution in [3.05, 3.63) is 71.8 Å². The third-order valence-electron chi connectivity index (χ3n) is 6.82. The van der Waals surface area contributed by atoms with E-state index in [1.54, 1.807) is 30.3 Å². The van der Waals surface area contributed by atoms with E-state index in [4.69, 9.17) is 4.74 Å². The first-order valence-electron chi connectivity index (χ1n) is 11.7. The van der Waals surface area contributed by atoms with Gasteiger partial charge in [-0.1, -0.05) is 55.5 Å². The lowest BCUT2D eigenvalue weighted by Crippen LogP contribution is -2.68. The molecule has 0 bridgehead atoms. The van der Waals surface area contributed by atoms with Crippen molar-refractivity contribution in [1.29, 1.82) is 0 Å². The van der Waals surface area contributed by atoms with E-state index in [0.29, 0.717) is 24.9 Å². The lowest BCUT2D eigenvalue weighted by Gasteiger charge is -2.34. The number of likely N-dealkylation sites (tertiary alicyclic amines) is 1. The highest BCUT2D eigenvalue weighted by Crippen LogP contribution is 2.33. The molecule has 2 aromatic rings. The molecule has 178 valence electrons. The van der Waals surface area contributed by atoms with Gasteiger partial charge in [-0.25, -0.2) is 4.79 Å². The Morgan fingerprint density at radius 3 is 2.32 bits per heavy atom. The molecule has 0 spiro atoms. The summed E-state index contributed by atoms with van der Waals surface area (Å²) in [4.78, 5) is 53.3. The van der Waals surface area contributed by atoms with Gasteiger partial charge < -0.3 is 10.1 Å². The van der Waals surface area contributed by atoms with Gasteiger partial charge in [-0.2, -0.15) is 4.79 Å². The molecular weight excluding hydrogens is 434 g/mol. The van der Waals surface area contributed by atoms with Gasteiger partial charge in [0.05, 0.1) is 6.54 Å². The van der Waals surface area contributed by atoms with Crippen LogP contribution < -0.4 is 10.6 Å². The predicted octanol–water partition coefficient (Wildman–Crippen LogP) is 2.78. The maximum Gasteiger partial charge on any atom is 0.524 e. The maximum absolute atomic E-state index is 13.8. The molecule has 2 N–H and O–H groups in total. The summed E-state index contributed by atoms with van der Waals surface area (Å²) in [6.45, 7) is 2.78. The summed E-state index contributed by atoms with van der Waals surface area (Å²) < 4.78 is 4.89. The quantitative estimate of drug-likeness (QED) is 0.521. The second-order valence-electron chi connectivity index (χ2n) is 9.01. The molecule has 2 aliphatic rings. The number of nitrogens with zero attached hydrogens (tertiary/aromatic N) is 1.